The summed E-state index contributed by atoms with van der Waals surface area (Å²) >= 11 is 4.64. The Morgan fingerprint density at radius 2 is 2.12 bits per heavy atom. The molecule has 0 aliphatic carbocycles. The third kappa shape index (κ3) is 3.67. The number of nitrogens with zero attached hydrogens (tertiary/aromatic N) is 3. The van der Waals surface area contributed by atoms with E-state index in [9.17, 15) is 4.79 Å². The Bertz CT molecular complexity index is 922. The number of nitrogens with one attached hydrogen (secondary N) is 1. The lowest BCUT2D eigenvalue weighted by Gasteiger charge is -2.08. The predicted octanol–water partition coefficient (Wildman–Crippen LogP) is 3.58. The van der Waals surface area contributed by atoms with E-state index in [1.165, 1.54) is 11.3 Å². The monoisotopic (exact) mass is 422 g/mol. The Labute approximate surface area is 156 Å². The number of aromatic nitrogens is 3. The van der Waals surface area contributed by atoms with Crippen LogP contribution in [0, 0.1) is 0 Å². The van der Waals surface area contributed by atoms with Crippen molar-refractivity contribution in [3.63, 3.8) is 0 Å². The van der Waals surface area contributed by atoms with Gasteiger partial charge in [-0.25, -0.2) is 4.98 Å². The lowest BCUT2D eigenvalue weighted by Crippen LogP contribution is -2.13. The predicted molar refractivity (Wildman–Crippen MR) is 99.5 cm³/mol. The van der Waals surface area contributed by atoms with Crippen molar-refractivity contribution in [3.8, 4) is 22.8 Å². The highest BCUT2D eigenvalue weighted by Gasteiger charge is 2.17. The fraction of sp³-hybridized carbons (Fsp3) is 0.188. The van der Waals surface area contributed by atoms with Gasteiger partial charge in [0.15, 0.2) is 10.8 Å². The topological polar surface area (TPSA) is 78.3 Å². The van der Waals surface area contributed by atoms with Gasteiger partial charge in [0.2, 0.25) is 0 Å². The molecule has 0 spiro atoms. The van der Waals surface area contributed by atoms with Crippen LogP contribution in [0.5, 0.6) is 11.5 Å². The maximum atomic E-state index is 12.3. The summed E-state index contributed by atoms with van der Waals surface area (Å²) in [5.41, 5.74) is 1.78. The zero-order valence-corrected chi connectivity index (χ0v) is 16.1. The van der Waals surface area contributed by atoms with Gasteiger partial charge in [-0.1, -0.05) is 0 Å². The lowest BCUT2D eigenvalue weighted by atomic mass is 10.1. The van der Waals surface area contributed by atoms with Gasteiger partial charge >= 0.3 is 0 Å². The normalized spacial score (nSPS) is 10.6. The molecule has 0 saturated carbocycles. The second kappa shape index (κ2) is 7.24. The number of hydrogen-bond donors (Lipinski definition) is 1. The number of rotatable bonds is 5. The Kier molecular flexibility index (Phi) is 5.05. The number of aryl methyl sites for hydroxylation is 1. The standard InChI is InChI=1S/C16H15BrN4O3S/c1-21-7-11(17)14(20-21)15(22)19-16-18-12(8-25-16)10-6-9(23-2)4-5-13(10)24-3/h4-8H,1-3H3,(H,18,19,22). The number of methoxy groups -OCH3 is 2. The van der Waals surface area contributed by atoms with Crippen LogP contribution in [-0.2, 0) is 7.05 Å². The molecular formula is C16H15BrN4O3S. The molecule has 3 aromatic rings. The molecule has 9 heteroatoms. The van der Waals surface area contributed by atoms with Crippen molar-refractivity contribution in [3.05, 3.63) is 39.9 Å². The van der Waals surface area contributed by atoms with Crippen LogP contribution in [-0.4, -0.2) is 34.9 Å². The fourth-order valence-electron chi connectivity index (χ4n) is 2.24. The van der Waals surface area contributed by atoms with Crippen molar-refractivity contribution in [2.24, 2.45) is 7.05 Å². The smallest absolute Gasteiger partial charge is 0.279 e. The average molecular weight is 423 g/mol. The first kappa shape index (κ1) is 17.4. The van der Waals surface area contributed by atoms with Crippen molar-refractivity contribution in [1.29, 1.82) is 0 Å². The Morgan fingerprint density at radius 1 is 1.32 bits per heavy atom. The van der Waals surface area contributed by atoms with Gasteiger partial charge in [0.25, 0.3) is 5.91 Å². The number of carbonyl (C=O) groups is 1. The molecule has 0 radical (unpaired) electrons. The Morgan fingerprint density at radius 3 is 2.76 bits per heavy atom. The van der Waals surface area contributed by atoms with Crippen LogP contribution in [0.3, 0.4) is 0 Å². The quantitative estimate of drug-likeness (QED) is 0.679. The van der Waals surface area contributed by atoms with Crippen LogP contribution in [0.4, 0.5) is 5.13 Å². The highest BCUT2D eigenvalue weighted by atomic mass is 79.9. The number of thiazole rings is 1. The number of benzene rings is 1. The fourth-order valence-corrected chi connectivity index (χ4v) is 3.50. The van der Waals surface area contributed by atoms with E-state index in [1.807, 2.05) is 23.6 Å². The molecule has 0 unspecified atom stereocenters. The molecule has 0 bridgehead atoms. The molecule has 130 valence electrons. The average Bonchev–Trinajstić information content (AvgIpc) is 3.20. The van der Waals surface area contributed by atoms with Crippen molar-refractivity contribution in [1.82, 2.24) is 14.8 Å². The third-order valence-corrected chi connectivity index (χ3v) is 4.74. The van der Waals surface area contributed by atoms with E-state index in [-0.39, 0.29) is 5.91 Å². The highest BCUT2D eigenvalue weighted by molar-refractivity contribution is 9.10. The van der Waals surface area contributed by atoms with Crippen molar-refractivity contribution >= 4 is 38.3 Å². The summed E-state index contributed by atoms with van der Waals surface area (Å²) in [5.74, 6) is 1.05. The largest absolute Gasteiger partial charge is 0.497 e. The molecule has 0 aliphatic rings. The van der Waals surface area contributed by atoms with Gasteiger partial charge in [0.1, 0.15) is 11.5 Å². The zero-order chi connectivity index (χ0) is 18.0. The molecule has 0 fully saturated rings. The molecule has 0 saturated heterocycles. The van der Waals surface area contributed by atoms with E-state index in [1.54, 1.807) is 32.1 Å². The van der Waals surface area contributed by atoms with Gasteiger partial charge in [-0.05, 0) is 34.1 Å². The number of anilines is 1. The Balaban J connectivity index is 1.86. The molecule has 1 N–H and O–H groups in total. The summed E-state index contributed by atoms with van der Waals surface area (Å²) in [7, 11) is 4.94. The van der Waals surface area contributed by atoms with Gasteiger partial charge in [-0.3, -0.25) is 14.8 Å². The first-order chi connectivity index (χ1) is 12.0. The Hall–Kier alpha value is -2.39. The summed E-state index contributed by atoms with van der Waals surface area (Å²) < 4.78 is 12.8. The second-order valence-electron chi connectivity index (χ2n) is 5.06. The summed E-state index contributed by atoms with van der Waals surface area (Å²) in [6.07, 6.45) is 1.71. The minimum Gasteiger partial charge on any atom is -0.497 e. The molecular weight excluding hydrogens is 408 g/mol. The van der Waals surface area contributed by atoms with E-state index in [0.717, 1.165) is 5.56 Å². The molecule has 2 heterocycles. The van der Waals surface area contributed by atoms with Crippen LogP contribution in [0.2, 0.25) is 0 Å². The zero-order valence-electron chi connectivity index (χ0n) is 13.7. The first-order valence-corrected chi connectivity index (χ1v) is 8.87. The summed E-state index contributed by atoms with van der Waals surface area (Å²) in [6, 6.07) is 5.47. The summed E-state index contributed by atoms with van der Waals surface area (Å²) in [5, 5.41) is 9.20. The minimum atomic E-state index is -0.328. The van der Waals surface area contributed by atoms with Crippen LogP contribution >= 0.6 is 27.3 Å². The van der Waals surface area contributed by atoms with Gasteiger partial charge in [-0.15, -0.1) is 11.3 Å². The number of ether oxygens (including phenoxy) is 2. The molecule has 1 aromatic carbocycles. The summed E-state index contributed by atoms with van der Waals surface area (Å²) in [6.45, 7) is 0. The van der Waals surface area contributed by atoms with Crippen LogP contribution < -0.4 is 14.8 Å². The van der Waals surface area contributed by atoms with Crippen molar-refractivity contribution in [2.75, 3.05) is 19.5 Å². The number of halogens is 1. The van der Waals surface area contributed by atoms with Crippen LogP contribution in [0.15, 0.2) is 34.2 Å². The van der Waals surface area contributed by atoms with Gasteiger partial charge in [-0.2, -0.15) is 5.10 Å². The maximum absolute atomic E-state index is 12.3. The maximum Gasteiger partial charge on any atom is 0.279 e. The summed E-state index contributed by atoms with van der Waals surface area (Å²) in [4.78, 5) is 16.8. The highest BCUT2D eigenvalue weighted by Crippen LogP contribution is 2.35. The van der Waals surface area contributed by atoms with E-state index < -0.39 is 0 Å². The SMILES string of the molecule is COc1ccc(OC)c(-c2csc(NC(=O)c3nn(C)cc3Br)n2)c1. The second-order valence-corrected chi connectivity index (χ2v) is 6.77. The number of hydrogen-bond acceptors (Lipinski definition) is 6. The molecule has 0 atom stereocenters. The van der Waals surface area contributed by atoms with E-state index >= 15 is 0 Å². The molecule has 0 aliphatic heterocycles. The minimum absolute atomic E-state index is 0.304. The number of carbonyl (C=O) groups excluding carboxylic acids is 1. The molecule has 2 aromatic heterocycles. The molecule has 1 amide bonds. The van der Waals surface area contributed by atoms with Gasteiger partial charge < -0.3 is 9.47 Å². The number of amides is 1. The van der Waals surface area contributed by atoms with Crippen LogP contribution in [0.1, 0.15) is 10.5 Å². The molecule has 3 rings (SSSR count). The third-order valence-electron chi connectivity index (χ3n) is 3.41. The van der Waals surface area contributed by atoms with Gasteiger partial charge in [0.05, 0.1) is 24.4 Å². The van der Waals surface area contributed by atoms with Crippen molar-refractivity contribution < 1.29 is 14.3 Å². The first-order valence-electron chi connectivity index (χ1n) is 7.20. The molecule has 25 heavy (non-hydrogen) atoms. The van der Waals surface area contributed by atoms with E-state index in [2.05, 4.69) is 31.3 Å². The van der Waals surface area contributed by atoms with Crippen molar-refractivity contribution in [2.45, 2.75) is 0 Å². The van der Waals surface area contributed by atoms with E-state index in [0.29, 0.717) is 32.5 Å². The van der Waals surface area contributed by atoms with E-state index in [4.69, 9.17) is 9.47 Å². The van der Waals surface area contributed by atoms with Crippen LogP contribution in [0.25, 0.3) is 11.3 Å². The van der Waals surface area contributed by atoms with Gasteiger partial charge in [0, 0.05) is 24.2 Å². The lowest BCUT2D eigenvalue weighted by molar-refractivity contribution is 0.102. The molecule has 7 nitrogen and oxygen atoms in total.